The number of rotatable bonds is 5. The van der Waals surface area contributed by atoms with Gasteiger partial charge < -0.3 is 9.47 Å². The Morgan fingerprint density at radius 1 is 1.50 bits per heavy atom. The lowest BCUT2D eigenvalue weighted by Gasteiger charge is -2.35. The van der Waals surface area contributed by atoms with Crippen molar-refractivity contribution < 1.29 is 14.3 Å². The van der Waals surface area contributed by atoms with Gasteiger partial charge in [-0.2, -0.15) is 0 Å². The molecular formula is C15H20O3. The summed E-state index contributed by atoms with van der Waals surface area (Å²) in [6.45, 7) is 4.21. The van der Waals surface area contributed by atoms with Crippen molar-refractivity contribution in [2.45, 2.75) is 31.3 Å². The third-order valence-corrected chi connectivity index (χ3v) is 4.86. The zero-order chi connectivity index (χ0) is 12.6. The van der Waals surface area contributed by atoms with Gasteiger partial charge in [0.2, 0.25) is 0 Å². The van der Waals surface area contributed by atoms with E-state index >= 15 is 0 Å². The fourth-order valence-electron chi connectivity index (χ4n) is 4.14. The van der Waals surface area contributed by atoms with Crippen LogP contribution in [-0.4, -0.2) is 24.8 Å². The van der Waals surface area contributed by atoms with Crippen LogP contribution in [0.2, 0.25) is 0 Å². The standard InChI is InChI=1S/C15H20O3/c1-2-14(16)17-8-9-18-15-7-6-11(10-15)12-4-3-5-13(12)15/h2-3,5,11-13H,1,4,6-10H2. The highest BCUT2D eigenvalue weighted by Gasteiger charge is 2.58. The van der Waals surface area contributed by atoms with Crippen LogP contribution in [0, 0.1) is 17.8 Å². The van der Waals surface area contributed by atoms with Crippen molar-refractivity contribution in [2.24, 2.45) is 17.8 Å². The van der Waals surface area contributed by atoms with Gasteiger partial charge in [-0.25, -0.2) is 4.79 Å². The zero-order valence-electron chi connectivity index (χ0n) is 10.6. The molecule has 0 N–H and O–H groups in total. The van der Waals surface area contributed by atoms with Gasteiger partial charge in [-0.15, -0.1) is 0 Å². The first kappa shape index (κ1) is 12.0. The van der Waals surface area contributed by atoms with Gasteiger partial charge in [-0.3, -0.25) is 0 Å². The Morgan fingerprint density at radius 3 is 3.22 bits per heavy atom. The SMILES string of the molecule is C=CC(=O)OCCOC12CCC(C1)C1CC=CC12. The van der Waals surface area contributed by atoms with Crippen LogP contribution >= 0.6 is 0 Å². The molecule has 3 rings (SSSR count). The number of ether oxygens (including phenoxy) is 2. The van der Waals surface area contributed by atoms with Crippen molar-refractivity contribution in [3.05, 3.63) is 24.8 Å². The lowest BCUT2D eigenvalue weighted by molar-refractivity contribution is -0.143. The van der Waals surface area contributed by atoms with E-state index in [0.717, 1.165) is 11.8 Å². The molecule has 3 nitrogen and oxygen atoms in total. The first-order valence-electron chi connectivity index (χ1n) is 6.85. The van der Waals surface area contributed by atoms with E-state index in [-0.39, 0.29) is 11.6 Å². The fourth-order valence-corrected chi connectivity index (χ4v) is 4.14. The molecule has 2 bridgehead atoms. The summed E-state index contributed by atoms with van der Waals surface area (Å²) in [5.74, 6) is 1.90. The molecule has 0 aromatic heterocycles. The van der Waals surface area contributed by atoms with E-state index in [9.17, 15) is 4.79 Å². The Bertz CT molecular complexity index is 387. The predicted molar refractivity (Wildman–Crippen MR) is 67.9 cm³/mol. The van der Waals surface area contributed by atoms with Crippen LogP contribution in [-0.2, 0) is 14.3 Å². The Balaban J connectivity index is 1.54. The highest BCUT2D eigenvalue weighted by atomic mass is 16.6. The first-order valence-corrected chi connectivity index (χ1v) is 6.85. The number of allylic oxidation sites excluding steroid dienone is 1. The van der Waals surface area contributed by atoms with Gasteiger partial charge in [0, 0.05) is 12.0 Å². The second-order valence-corrected chi connectivity index (χ2v) is 5.64. The number of hydrogen-bond donors (Lipinski definition) is 0. The Morgan fingerprint density at radius 2 is 2.39 bits per heavy atom. The maximum Gasteiger partial charge on any atom is 0.330 e. The molecule has 3 aliphatic rings. The van der Waals surface area contributed by atoms with Gasteiger partial charge >= 0.3 is 5.97 Å². The third-order valence-electron chi connectivity index (χ3n) is 4.86. The zero-order valence-corrected chi connectivity index (χ0v) is 10.6. The molecule has 0 aromatic rings. The van der Waals surface area contributed by atoms with E-state index in [0.29, 0.717) is 19.1 Å². The molecule has 0 aliphatic heterocycles. The molecule has 0 spiro atoms. The number of carbonyl (C=O) groups is 1. The first-order chi connectivity index (χ1) is 8.75. The van der Waals surface area contributed by atoms with E-state index in [2.05, 4.69) is 18.7 Å². The van der Waals surface area contributed by atoms with Gasteiger partial charge in [-0.05, 0) is 37.5 Å². The van der Waals surface area contributed by atoms with E-state index in [1.165, 1.54) is 31.8 Å². The van der Waals surface area contributed by atoms with Crippen molar-refractivity contribution >= 4 is 5.97 Å². The summed E-state index contributed by atoms with van der Waals surface area (Å²) in [7, 11) is 0. The van der Waals surface area contributed by atoms with Crippen molar-refractivity contribution in [1.29, 1.82) is 0 Å². The minimum Gasteiger partial charge on any atom is -0.460 e. The normalized spacial score (nSPS) is 39.9. The van der Waals surface area contributed by atoms with Crippen molar-refractivity contribution in [3.8, 4) is 0 Å². The second-order valence-electron chi connectivity index (χ2n) is 5.64. The van der Waals surface area contributed by atoms with Gasteiger partial charge in [0.25, 0.3) is 0 Å². The number of carbonyl (C=O) groups excluding carboxylic acids is 1. The lowest BCUT2D eigenvalue weighted by Crippen LogP contribution is -2.37. The summed E-state index contributed by atoms with van der Waals surface area (Å²) >= 11 is 0. The smallest absolute Gasteiger partial charge is 0.330 e. The molecule has 0 radical (unpaired) electrons. The summed E-state index contributed by atoms with van der Waals surface area (Å²) < 4.78 is 11.1. The number of esters is 1. The minimum atomic E-state index is -0.370. The molecule has 0 amide bonds. The van der Waals surface area contributed by atoms with E-state index in [4.69, 9.17) is 9.47 Å². The Labute approximate surface area is 108 Å². The monoisotopic (exact) mass is 248 g/mol. The van der Waals surface area contributed by atoms with Crippen LogP contribution in [0.15, 0.2) is 24.8 Å². The maximum atomic E-state index is 10.9. The Kier molecular flexibility index (Phi) is 3.02. The fraction of sp³-hybridized carbons (Fsp3) is 0.667. The molecule has 18 heavy (non-hydrogen) atoms. The maximum absolute atomic E-state index is 10.9. The van der Waals surface area contributed by atoms with Crippen LogP contribution in [0.1, 0.15) is 25.7 Å². The van der Waals surface area contributed by atoms with Crippen LogP contribution < -0.4 is 0 Å². The summed E-state index contributed by atoms with van der Waals surface area (Å²) in [4.78, 5) is 10.9. The largest absolute Gasteiger partial charge is 0.460 e. The molecule has 4 atom stereocenters. The van der Waals surface area contributed by atoms with Gasteiger partial charge in [0.15, 0.2) is 0 Å². The molecule has 0 heterocycles. The summed E-state index contributed by atoms with van der Waals surface area (Å²) in [5, 5.41) is 0. The topological polar surface area (TPSA) is 35.5 Å². The second kappa shape index (κ2) is 4.54. The lowest BCUT2D eigenvalue weighted by atomic mass is 9.79. The molecule has 3 heteroatoms. The van der Waals surface area contributed by atoms with Crippen LogP contribution in [0.3, 0.4) is 0 Å². The van der Waals surface area contributed by atoms with Gasteiger partial charge in [0.05, 0.1) is 12.2 Å². The Hall–Kier alpha value is -1.09. The van der Waals surface area contributed by atoms with Crippen molar-refractivity contribution in [1.82, 2.24) is 0 Å². The molecule has 4 unspecified atom stereocenters. The molecule has 2 saturated carbocycles. The third kappa shape index (κ3) is 1.81. The minimum absolute atomic E-state index is 0.0446. The predicted octanol–water partition coefficient (Wildman–Crippen LogP) is 2.48. The van der Waals surface area contributed by atoms with Gasteiger partial charge in [0.1, 0.15) is 6.61 Å². The average molecular weight is 248 g/mol. The van der Waals surface area contributed by atoms with Crippen molar-refractivity contribution in [2.75, 3.05) is 13.2 Å². The number of hydrogen-bond acceptors (Lipinski definition) is 3. The van der Waals surface area contributed by atoms with Crippen LogP contribution in [0.25, 0.3) is 0 Å². The summed E-state index contributed by atoms with van der Waals surface area (Å²) in [6, 6.07) is 0. The molecule has 3 aliphatic carbocycles. The molecule has 0 aromatic carbocycles. The highest BCUT2D eigenvalue weighted by Crippen LogP contribution is 2.60. The molecule has 98 valence electrons. The highest BCUT2D eigenvalue weighted by molar-refractivity contribution is 5.81. The van der Waals surface area contributed by atoms with E-state index < -0.39 is 0 Å². The van der Waals surface area contributed by atoms with Gasteiger partial charge in [-0.1, -0.05) is 18.7 Å². The van der Waals surface area contributed by atoms with Crippen LogP contribution in [0.4, 0.5) is 0 Å². The van der Waals surface area contributed by atoms with Crippen LogP contribution in [0.5, 0.6) is 0 Å². The summed E-state index contributed by atoms with van der Waals surface area (Å²) in [5.41, 5.74) is 0.0446. The number of fused-ring (bicyclic) bond motifs is 5. The molecular weight excluding hydrogens is 228 g/mol. The van der Waals surface area contributed by atoms with E-state index in [1.54, 1.807) is 0 Å². The van der Waals surface area contributed by atoms with E-state index in [1.807, 2.05) is 0 Å². The molecule has 2 fully saturated rings. The molecule has 0 saturated heterocycles. The quantitative estimate of drug-likeness (QED) is 0.324. The summed E-state index contributed by atoms with van der Waals surface area (Å²) in [6.07, 6.45) is 10.7. The average Bonchev–Trinajstić information content (AvgIpc) is 3.05. The van der Waals surface area contributed by atoms with Crippen molar-refractivity contribution in [3.63, 3.8) is 0 Å².